The number of fused-ring (bicyclic) bond motifs is 1. The van der Waals surface area contributed by atoms with Crippen molar-refractivity contribution in [3.8, 4) is 23.2 Å². The third-order valence-electron chi connectivity index (χ3n) is 4.96. The number of thiophene rings is 1. The van der Waals surface area contributed by atoms with Crippen LogP contribution >= 0.6 is 11.3 Å². The van der Waals surface area contributed by atoms with Crippen LogP contribution < -0.4 is 16.8 Å². The minimum Gasteiger partial charge on any atom is -0.326 e. The van der Waals surface area contributed by atoms with Crippen LogP contribution in [-0.4, -0.2) is 34.6 Å². The summed E-state index contributed by atoms with van der Waals surface area (Å²) in [4.78, 5) is 13.8. The van der Waals surface area contributed by atoms with Gasteiger partial charge in [-0.15, -0.1) is 11.3 Å². The molecule has 1 aromatic carbocycles. The van der Waals surface area contributed by atoms with Crippen molar-refractivity contribution in [3.05, 3.63) is 77.1 Å². The average molecular weight is 429 g/mol. The SMILES string of the molecule is CNCC#Cc1csc2c(C(N)C(N)Cc3ccccc3)nc(-c3ccncc3)nc12. The quantitative estimate of drug-likeness (QED) is 0.408. The van der Waals surface area contributed by atoms with Crippen LogP contribution in [0.25, 0.3) is 21.6 Å². The first-order valence-corrected chi connectivity index (χ1v) is 10.9. The zero-order valence-electron chi connectivity index (χ0n) is 17.2. The van der Waals surface area contributed by atoms with Gasteiger partial charge in [0.2, 0.25) is 0 Å². The first-order valence-electron chi connectivity index (χ1n) is 10.1. The Kier molecular flexibility index (Phi) is 6.65. The Morgan fingerprint density at radius 2 is 1.84 bits per heavy atom. The summed E-state index contributed by atoms with van der Waals surface area (Å²) in [5, 5.41) is 5.05. The minimum absolute atomic E-state index is 0.285. The highest BCUT2D eigenvalue weighted by molar-refractivity contribution is 7.17. The molecule has 2 atom stereocenters. The summed E-state index contributed by atoms with van der Waals surface area (Å²) in [6.45, 7) is 0.605. The Balaban J connectivity index is 1.78. The van der Waals surface area contributed by atoms with Crippen molar-refractivity contribution in [2.75, 3.05) is 13.6 Å². The largest absolute Gasteiger partial charge is 0.326 e. The lowest BCUT2D eigenvalue weighted by Crippen LogP contribution is -2.36. The molecule has 6 nitrogen and oxygen atoms in total. The zero-order valence-corrected chi connectivity index (χ0v) is 18.1. The van der Waals surface area contributed by atoms with Gasteiger partial charge in [0, 0.05) is 29.4 Å². The van der Waals surface area contributed by atoms with Gasteiger partial charge in [0.1, 0.15) is 5.52 Å². The van der Waals surface area contributed by atoms with Crippen LogP contribution in [0.1, 0.15) is 22.9 Å². The molecule has 3 heterocycles. The van der Waals surface area contributed by atoms with Gasteiger partial charge >= 0.3 is 0 Å². The van der Waals surface area contributed by atoms with Crippen LogP contribution in [0.4, 0.5) is 0 Å². The molecule has 4 rings (SSSR count). The third kappa shape index (κ3) is 4.79. The van der Waals surface area contributed by atoms with E-state index in [1.54, 1.807) is 23.7 Å². The van der Waals surface area contributed by atoms with E-state index in [9.17, 15) is 0 Å². The van der Waals surface area contributed by atoms with Gasteiger partial charge in [0.15, 0.2) is 5.82 Å². The number of nitrogens with zero attached hydrogens (tertiary/aromatic N) is 3. The molecule has 4 aromatic rings. The first kappa shape index (κ1) is 21.1. The molecule has 2 unspecified atom stereocenters. The van der Waals surface area contributed by atoms with E-state index in [2.05, 4.69) is 34.3 Å². The lowest BCUT2D eigenvalue weighted by Gasteiger charge is -2.20. The van der Waals surface area contributed by atoms with Crippen LogP contribution in [0, 0.1) is 11.8 Å². The summed E-state index contributed by atoms with van der Waals surface area (Å²) in [6.07, 6.45) is 4.12. The molecule has 0 aliphatic heterocycles. The normalized spacial score (nSPS) is 12.9. The molecule has 0 spiro atoms. The predicted octanol–water partition coefficient (Wildman–Crippen LogP) is 2.89. The Labute approximate surface area is 185 Å². The summed E-state index contributed by atoms with van der Waals surface area (Å²) < 4.78 is 0.933. The topological polar surface area (TPSA) is 103 Å². The molecule has 0 aliphatic carbocycles. The van der Waals surface area contributed by atoms with Gasteiger partial charge in [-0.25, -0.2) is 9.97 Å². The molecule has 0 bridgehead atoms. The van der Waals surface area contributed by atoms with Crippen molar-refractivity contribution in [3.63, 3.8) is 0 Å². The molecule has 31 heavy (non-hydrogen) atoms. The van der Waals surface area contributed by atoms with Gasteiger partial charge in [-0.3, -0.25) is 4.98 Å². The maximum atomic E-state index is 6.66. The Morgan fingerprint density at radius 3 is 2.58 bits per heavy atom. The number of aromatic nitrogens is 3. The number of hydrogen-bond donors (Lipinski definition) is 3. The third-order valence-corrected chi connectivity index (χ3v) is 5.95. The Bertz CT molecular complexity index is 1210. The number of nitrogens with two attached hydrogens (primary N) is 2. The maximum absolute atomic E-state index is 6.66. The van der Waals surface area contributed by atoms with Crippen molar-refractivity contribution in [1.29, 1.82) is 0 Å². The highest BCUT2D eigenvalue weighted by Crippen LogP contribution is 2.32. The number of nitrogens with one attached hydrogen (secondary N) is 1. The summed E-state index contributed by atoms with van der Waals surface area (Å²) in [5.74, 6) is 6.92. The summed E-state index contributed by atoms with van der Waals surface area (Å²) in [5.41, 5.74) is 17.7. The summed E-state index contributed by atoms with van der Waals surface area (Å²) >= 11 is 1.56. The van der Waals surface area contributed by atoms with E-state index >= 15 is 0 Å². The van der Waals surface area contributed by atoms with Gasteiger partial charge in [-0.1, -0.05) is 42.2 Å². The highest BCUT2D eigenvalue weighted by Gasteiger charge is 2.23. The number of hydrogen-bond acceptors (Lipinski definition) is 7. The molecule has 7 heteroatoms. The predicted molar refractivity (Wildman–Crippen MR) is 127 cm³/mol. The molecule has 0 radical (unpaired) electrons. The standard InChI is InChI=1S/C24H24N6S/c1-27-11-5-8-18-15-31-23-21(18)29-24(17-9-12-28-13-10-17)30-22(23)20(26)19(25)14-16-6-3-2-4-7-16/h2-4,6-7,9-10,12-13,15,19-20,27H,11,14,25-26H2,1H3. The van der Waals surface area contributed by atoms with Crippen molar-refractivity contribution in [2.24, 2.45) is 11.5 Å². The van der Waals surface area contributed by atoms with Crippen molar-refractivity contribution in [2.45, 2.75) is 18.5 Å². The van der Waals surface area contributed by atoms with E-state index in [4.69, 9.17) is 21.4 Å². The summed E-state index contributed by atoms with van der Waals surface area (Å²) in [7, 11) is 1.87. The lowest BCUT2D eigenvalue weighted by atomic mass is 9.98. The molecule has 0 aliphatic rings. The molecule has 0 amide bonds. The molecular weight excluding hydrogens is 404 g/mol. The van der Waals surface area contributed by atoms with Crippen LogP contribution in [0.5, 0.6) is 0 Å². The lowest BCUT2D eigenvalue weighted by molar-refractivity contribution is 0.537. The second-order valence-corrected chi connectivity index (χ2v) is 8.09. The second kappa shape index (κ2) is 9.77. The molecule has 0 fully saturated rings. The fraction of sp³-hybridized carbons (Fsp3) is 0.208. The number of benzene rings is 1. The van der Waals surface area contributed by atoms with E-state index in [-0.39, 0.29) is 6.04 Å². The van der Waals surface area contributed by atoms with Gasteiger partial charge in [0.05, 0.1) is 28.5 Å². The monoisotopic (exact) mass is 428 g/mol. The number of rotatable bonds is 6. The Morgan fingerprint density at radius 1 is 1.06 bits per heavy atom. The molecule has 156 valence electrons. The van der Waals surface area contributed by atoms with Crippen molar-refractivity contribution < 1.29 is 0 Å². The molecule has 3 aromatic heterocycles. The average Bonchev–Trinajstić information content (AvgIpc) is 3.22. The van der Waals surface area contributed by atoms with E-state index < -0.39 is 6.04 Å². The molecular formula is C24H24N6S. The smallest absolute Gasteiger partial charge is 0.160 e. The fourth-order valence-corrected chi connectivity index (χ4v) is 4.30. The van der Waals surface area contributed by atoms with E-state index in [1.165, 1.54) is 0 Å². The Hall–Kier alpha value is -3.15. The van der Waals surface area contributed by atoms with E-state index in [0.29, 0.717) is 18.8 Å². The molecule has 0 saturated carbocycles. The minimum atomic E-state index is -0.442. The van der Waals surface area contributed by atoms with E-state index in [1.807, 2.05) is 42.8 Å². The second-order valence-electron chi connectivity index (χ2n) is 7.21. The maximum Gasteiger partial charge on any atom is 0.160 e. The summed E-state index contributed by atoms with van der Waals surface area (Å²) in [6, 6.07) is 13.2. The van der Waals surface area contributed by atoms with Crippen LogP contribution in [0.2, 0.25) is 0 Å². The van der Waals surface area contributed by atoms with Crippen molar-refractivity contribution in [1.82, 2.24) is 20.3 Å². The zero-order chi connectivity index (χ0) is 21.6. The van der Waals surface area contributed by atoms with Gasteiger partial charge in [0.25, 0.3) is 0 Å². The van der Waals surface area contributed by atoms with Gasteiger partial charge in [-0.2, -0.15) is 0 Å². The van der Waals surface area contributed by atoms with Gasteiger partial charge in [-0.05, 0) is 31.2 Å². The van der Waals surface area contributed by atoms with Crippen molar-refractivity contribution >= 4 is 21.6 Å². The molecule has 0 saturated heterocycles. The fourth-order valence-electron chi connectivity index (χ4n) is 3.33. The van der Waals surface area contributed by atoms with Crippen LogP contribution in [0.3, 0.4) is 0 Å². The van der Waals surface area contributed by atoms with E-state index in [0.717, 1.165) is 32.6 Å². The van der Waals surface area contributed by atoms with Gasteiger partial charge < -0.3 is 16.8 Å². The molecule has 5 N–H and O–H groups in total. The number of pyridine rings is 1. The van der Waals surface area contributed by atoms with Crippen LogP contribution in [-0.2, 0) is 6.42 Å². The highest BCUT2D eigenvalue weighted by atomic mass is 32.1. The van der Waals surface area contributed by atoms with Crippen LogP contribution in [0.15, 0.2) is 60.2 Å². The first-order chi connectivity index (χ1) is 15.2.